The van der Waals surface area contributed by atoms with E-state index in [0.717, 1.165) is 0 Å². The molecule has 0 spiro atoms. The number of benzene rings is 2. The van der Waals surface area contributed by atoms with Gasteiger partial charge in [0.15, 0.2) is 34.6 Å². The fraction of sp³-hybridized carbons (Fsp3) is 0.296. The zero-order valence-electron chi connectivity index (χ0n) is 20.5. The molecule has 9 nitrogen and oxygen atoms in total. The van der Waals surface area contributed by atoms with Gasteiger partial charge in [-0.3, -0.25) is 14.4 Å². The van der Waals surface area contributed by atoms with Gasteiger partial charge in [0.25, 0.3) is 0 Å². The molecule has 0 aliphatic rings. The highest BCUT2D eigenvalue weighted by Gasteiger charge is 2.19. The number of methoxy groups -OCH3 is 2. The Morgan fingerprint density at radius 2 is 1.58 bits per heavy atom. The summed E-state index contributed by atoms with van der Waals surface area (Å²) in [5.41, 5.74) is 7.58. The van der Waals surface area contributed by atoms with Crippen molar-refractivity contribution >= 4 is 29.7 Å². The van der Waals surface area contributed by atoms with Crippen LogP contribution < -0.4 is 15.2 Å². The van der Waals surface area contributed by atoms with E-state index in [0.29, 0.717) is 23.1 Å². The topological polar surface area (TPSA) is 145 Å². The Labute approximate surface area is 209 Å². The second-order valence-electron chi connectivity index (χ2n) is 7.91. The van der Waals surface area contributed by atoms with Crippen molar-refractivity contribution in [2.75, 3.05) is 20.8 Å². The van der Waals surface area contributed by atoms with Crippen molar-refractivity contribution in [1.29, 1.82) is 0 Å². The Balaban J connectivity index is 2.12. The molecule has 1 atom stereocenters. The minimum absolute atomic E-state index is 0.0228. The Hall–Kier alpha value is -4.11. The number of allylic oxidation sites excluding steroid dienone is 2. The first-order chi connectivity index (χ1) is 17.2. The number of ketones is 2. The molecule has 36 heavy (non-hydrogen) atoms. The molecule has 0 saturated carbocycles. The summed E-state index contributed by atoms with van der Waals surface area (Å²) in [6.45, 7) is 2.12. The van der Waals surface area contributed by atoms with Gasteiger partial charge in [-0.2, -0.15) is 0 Å². The number of phenols is 2. The summed E-state index contributed by atoms with van der Waals surface area (Å²) < 4.78 is 15.2. The van der Waals surface area contributed by atoms with Gasteiger partial charge in [0.05, 0.1) is 27.2 Å². The van der Waals surface area contributed by atoms with Crippen LogP contribution in [-0.2, 0) is 25.5 Å². The van der Waals surface area contributed by atoms with Crippen molar-refractivity contribution in [3.8, 4) is 23.0 Å². The van der Waals surface area contributed by atoms with E-state index in [1.807, 2.05) is 6.92 Å². The summed E-state index contributed by atoms with van der Waals surface area (Å²) in [5, 5.41) is 19.8. The van der Waals surface area contributed by atoms with Gasteiger partial charge in [-0.1, -0.05) is 25.1 Å². The predicted molar refractivity (Wildman–Crippen MR) is 135 cm³/mol. The van der Waals surface area contributed by atoms with E-state index in [-0.39, 0.29) is 42.4 Å². The van der Waals surface area contributed by atoms with E-state index in [2.05, 4.69) is 0 Å². The van der Waals surface area contributed by atoms with Gasteiger partial charge in [-0.15, -0.1) is 0 Å². The number of nitrogens with two attached hydrogens (primary N) is 1. The smallest absolute Gasteiger partial charge is 0.323 e. The van der Waals surface area contributed by atoms with Crippen LogP contribution in [0.25, 0.3) is 12.2 Å². The lowest BCUT2D eigenvalue weighted by atomic mass is 9.98. The number of carbonyl (C=O) groups excluding carboxylic acids is 3. The lowest BCUT2D eigenvalue weighted by Gasteiger charge is -2.15. The van der Waals surface area contributed by atoms with Crippen LogP contribution in [0.1, 0.15) is 36.5 Å². The maximum absolute atomic E-state index is 12.4. The van der Waals surface area contributed by atoms with Gasteiger partial charge in [-0.25, -0.2) is 0 Å². The minimum atomic E-state index is -0.961. The summed E-state index contributed by atoms with van der Waals surface area (Å²) in [7, 11) is 2.80. The fourth-order valence-corrected chi connectivity index (χ4v) is 3.21. The summed E-state index contributed by atoms with van der Waals surface area (Å²) in [6, 6.07) is 6.57. The highest BCUT2D eigenvalue weighted by atomic mass is 16.5. The SMILES string of the molecule is CCCOC(=O)[C@@H](N)Cc1cc(O)c(OC)cc1C=CC(=O)CC(=O)C=Cc1ccc(O)c(OC)c1. The molecular weight excluding hydrogens is 466 g/mol. The zero-order chi connectivity index (χ0) is 26.7. The van der Waals surface area contributed by atoms with E-state index in [9.17, 15) is 24.6 Å². The van der Waals surface area contributed by atoms with E-state index in [4.69, 9.17) is 19.9 Å². The van der Waals surface area contributed by atoms with Crippen LogP contribution in [0, 0.1) is 0 Å². The normalized spacial score (nSPS) is 12.0. The predicted octanol–water partition coefficient (Wildman–Crippen LogP) is 3.19. The summed E-state index contributed by atoms with van der Waals surface area (Å²) in [5.74, 6) is -1.15. The Bertz CT molecular complexity index is 1150. The summed E-state index contributed by atoms with van der Waals surface area (Å²) in [6.07, 6.45) is 5.87. The molecule has 9 heteroatoms. The van der Waals surface area contributed by atoms with Crippen LogP contribution in [0.3, 0.4) is 0 Å². The van der Waals surface area contributed by atoms with Crippen molar-refractivity contribution in [3.05, 3.63) is 59.2 Å². The van der Waals surface area contributed by atoms with Crippen molar-refractivity contribution in [2.45, 2.75) is 32.2 Å². The third kappa shape index (κ3) is 8.28. The van der Waals surface area contributed by atoms with Crippen LogP contribution in [0.4, 0.5) is 0 Å². The average Bonchev–Trinajstić information content (AvgIpc) is 2.86. The van der Waals surface area contributed by atoms with Crippen LogP contribution in [0.5, 0.6) is 23.0 Å². The number of rotatable bonds is 13. The Morgan fingerprint density at radius 1 is 0.944 bits per heavy atom. The van der Waals surface area contributed by atoms with Gasteiger partial charge in [0.2, 0.25) is 0 Å². The molecule has 0 heterocycles. The molecule has 2 aromatic rings. The summed E-state index contributed by atoms with van der Waals surface area (Å²) >= 11 is 0. The van der Waals surface area contributed by atoms with Gasteiger partial charge >= 0.3 is 5.97 Å². The van der Waals surface area contributed by atoms with E-state index >= 15 is 0 Å². The third-order valence-corrected chi connectivity index (χ3v) is 5.09. The molecule has 0 fully saturated rings. The third-order valence-electron chi connectivity index (χ3n) is 5.09. The molecule has 0 amide bonds. The molecule has 2 aromatic carbocycles. The molecular formula is C27H31NO8. The van der Waals surface area contributed by atoms with Crippen LogP contribution in [-0.4, -0.2) is 54.6 Å². The second kappa shape index (κ2) is 13.7. The van der Waals surface area contributed by atoms with Gasteiger partial charge in [-0.05, 0) is 65.9 Å². The number of hydrogen-bond acceptors (Lipinski definition) is 9. The molecule has 0 radical (unpaired) electrons. The average molecular weight is 498 g/mol. The number of hydrogen-bond donors (Lipinski definition) is 3. The van der Waals surface area contributed by atoms with Crippen LogP contribution in [0.15, 0.2) is 42.5 Å². The van der Waals surface area contributed by atoms with Gasteiger partial charge in [0.1, 0.15) is 6.04 Å². The largest absolute Gasteiger partial charge is 0.504 e. The Kier molecular flexibility index (Phi) is 10.7. The molecule has 4 N–H and O–H groups in total. The quantitative estimate of drug-likeness (QED) is 0.216. The number of esters is 1. The maximum Gasteiger partial charge on any atom is 0.323 e. The fourth-order valence-electron chi connectivity index (χ4n) is 3.21. The first kappa shape index (κ1) is 28.1. The molecule has 0 saturated heterocycles. The maximum atomic E-state index is 12.4. The molecule has 2 rings (SSSR count). The standard InChI is InChI=1S/C27H31NO8/c1-4-11-36-27(33)22(28)13-19-14-24(32)26(35-3)15-18(19)7-9-21(30)16-20(29)8-5-17-6-10-23(31)25(12-17)34-2/h5-10,12,14-15,22,31-32H,4,11,13,16,28H2,1-3H3/t22-/m0/s1. The van der Waals surface area contributed by atoms with Crippen molar-refractivity contribution in [3.63, 3.8) is 0 Å². The Morgan fingerprint density at radius 3 is 2.22 bits per heavy atom. The van der Waals surface area contributed by atoms with Crippen LogP contribution >= 0.6 is 0 Å². The number of ether oxygens (including phenoxy) is 3. The highest BCUT2D eigenvalue weighted by molar-refractivity contribution is 6.11. The van der Waals surface area contributed by atoms with E-state index < -0.39 is 23.6 Å². The number of carbonyl (C=O) groups is 3. The number of aromatic hydroxyl groups is 2. The molecule has 0 unspecified atom stereocenters. The monoisotopic (exact) mass is 497 g/mol. The van der Waals surface area contributed by atoms with Crippen molar-refractivity contribution in [1.82, 2.24) is 0 Å². The lowest BCUT2D eigenvalue weighted by molar-refractivity contribution is -0.145. The van der Waals surface area contributed by atoms with Crippen molar-refractivity contribution in [2.24, 2.45) is 5.73 Å². The van der Waals surface area contributed by atoms with E-state index in [1.54, 1.807) is 12.1 Å². The molecule has 0 bridgehead atoms. The van der Waals surface area contributed by atoms with Crippen LogP contribution in [0.2, 0.25) is 0 Å². The lowest BCUT2D eigenvalue weighted by Crippen LogP contribution is -2.34. The molecule has 0 aliphatic carbocycles. The molecule has 0 aliphatic heterocycles. The van der Waals surface area contributed by atoms with Crippen molar-refractivity contribution < 1.29 is 38.8 Å². The minimum Gasteiger partial charge on any atom is -0.504 e. The second-order valence-corrected chi connectivity index (χ2v) is 7.91. The summed E-state index contributed by atoms with van der Waals surface area (Å²) in [4.78, 5) is 36.7. The first-order valence-corrected chi connectivity index (χ1v) is 11.3. The number of phenolic OH excluding ortho intramolecular Hbond substituents is 2. The zero-order valence-corrected chi connectivity index (χ0v) is 20.5. The van der Waals surface area contributed by atoms with Gasteiger partial charge < -0.3 is 30.2 Å². The molecule has 192 valence electrons. The van der Waals surface area contributed by atoms with Gasteiger partial charge in [0, 0.05) is 0 Å². The first-order valence-electron chi connectivity index (χ1n) is 11.3. The highest BCUT2D eigenvalue weighted by Crippen LogP contribution is 2.31. The molecule has 0 aromatic heterocycles. The van der Waals surface area contributed by atoms with E-state index in [1.165, 1.54) is 56.7 Å².